The summed E-state index contributed by atoms with van der Waals surface area (Å²) in [6.45, 7) is -0.372. The first-order chi connectivity index (χ1) is 15.8. The van der Waals surface area contributed by atoms with E-state index in [1.54, 1.807) is 18.2 Å². The van der Waals surface area contributed by atoms with Gasteiger partial charge in [-0.1, -0.05) is 61.8 Å². The fourth-order valence-corrected chi connectivity index (χ4v) is 5.26. The standard InChI is InChI=1S/C20H11BrCl2N4O4S2/c21-11-1-4-15-17(7-11)33-20(25-15)26(24-9-13-3-6-19(32-13)27(29)30)18(28)10-31-16-5-2-12(22)8-14(16)23/h1-9H,10H2/b24-9+. The van der Waals surface area contributed by atoms with Crippen molar-refractivity contribution in [2.24, 2.45) is 5.10 Å². The molecule has 2 aromatic carbocycles. The maximum Gasteiger partial charge on any atom is 0.324 e. The molecule has 0 unspecified atom stereocenters. The Morgan fingerprint density at radius 1 is 1.21 bits per heavy atom. The van der Waals surface area contributed by atoms with Crippen LogP contribution in [0.1, 0.15) is 4.88 Å². The minimum Gasteiger partial charge on any atom is -0.482 e. The van der Waals surface area contributed by atoms with Gasteiger partial charge in [-0.25, -0.2) is 4.98 Å². The molecule has 0 aliphatic rings. The lowest BCUT2D eigenvalue weighted by molar-refractivity contribution is -0.380. The molecular weight excluding hydrogens is 575 g/mol. The third-order valence-corrected chi connectivity index (χ3v) is 7.08. The molecule has 0 atom stereocenters. The minimum absolute atomic E-state index is 0.0279. The van der Waals surface area contributed by atoms with Crippen molar-refractivity contribution in [3.8, 4) is 5.75 Å². The van der Waals surface area contributed by atoms with E-state index in [-0.39, 0.29) is 16.6 Å². The highest BCUT2D eigenvalue weighted by Crippen LogP contribution is 2.32. The van der Waals surface area contributed by atoms with Gasteiger partial charge in [-0.05, 0) is 42.5 Å². The second-order valence-corrected chi connectivity index (χ2v) is 10.2. The summed E-state index contributed by atoms with van der Waals surface area (Å²) in [6.07, 6.45) is 1.37. The molecule has 0 bridgehead atoms. The number of thiazole rings is 1. The normalized spacial score (nSPS) is 11.2. The highest BCUT2D eigenvalue weighted by molar-refractivity contribution is 9.10. The first-order valence-corrected chi connectivity index (χ1v) is 12.2. The fraction of sp³-hybridized carbons (Fsp3) is 0.0500. The number of halogens is 3. The molecule has 2 aromatic heterocycles. The zero-order chi connectivity index (χ0) is 23.5. The average molecular weight is 586 g/mol. The number of benzene rings is 2. The number of amides is 1. The van der Waals surface area contributed by atoms with Crippen molar-refractivity contribution in [3.05, 3.63) is 78.0 Å². The maximum absolute atomic E-state index is 13.0. The second-order valence-electron chi connectivity index (χ2n) is 6.36. The van der Waals surface area contributed by atoms with Crippen molar-refractivity contribution in [1.29, 1.82) is 0 Å². The van der Waals surface area contributed by atoms with E-state index >= 15 is 0 Å². The van der Waals surface area contributed by atoms with Crippen LogP contribution in [0, 0.1) is 10.1 Å². The van der Waals surface area contributed by atoms with E-state index in [0.29, 0.717) is 26.3 Å². The van der Waals surface area contributed by atoms with Gasteiger partial charge >= 0.3 is 5.00 Å². The van der Waals surface area contributed by atoms with Crippen LogP contribution in [0.5, 0.6) is 5.75 Å². The number of aromatic nitrogens is 1. The highest BCUT2D eigenvalue weighted by Gasteiger charge is 2.21. The summed E-state index contributed by atoms with van der Waals surface area (Å²) in [4.78, 5) is 28.5. The van der Waals surface area contributed by atoms with Gasteiger partial charge in [-0.2, -0.15) is 10.1 Å². The van der Waals surface area contributed by atoms with Crippen molar-refractivity contribution in [2.45, 2.75) is 0 Å². The molecule has 0 aliphatic heterocycles. The van der Waals surface area contributed by atoms with Gasteiger partial charge in [0, 0.05) is 15.6 Å². The van der Waals surface area contributed by atoms with E-state index in [1.165, 1.54) is 29.7 Å². The van der Waals surface area contributed by atoms with Crippen LogP contribution in [-0.4, -0.2) is 28.6 Å². The zero-order valence-corrected chi connectivity index (χ0v) is 21.0. The molecule has 0 N–H and O–H groups in total. The van der Waals surface area contributed by atoms with Crippen LogP contribution in [0.3, 0.4) is 0 Å². The van der Waals surface area contributed by atoms with Gasteiger partial charge < -0.3 is 4.74 Å². The number of hydrogen-bond donors (Lipinski definition) is 0. The van der Waals surface area contributed by atoms with Crippen molar-refractivity contribution in [2.75, 3.05) is 11.6 Å². The second kappa shape index (κ2) is 10.1. The van der Waals surface area contributed by atoms with Gasteiger partial charge in [0.1, 0.15) is 5.75 Å². The van der Waals surface area contributed by atoms with Gasteiger partial charge in [-0.3, -0.25) is 14.9 Å². The summed E-state index contributed by atoms with van der Waals surface area (Å²) in [5, 5.41) is 17.3. The van der Waals surface area contributed by atoms with Gasteiger partial charge in [0.15, 0.2) is 6.61 Å². The summed E-state index contributed by atoms with van der Waals surface area (Å²) < 4.78 is 7.29. The predicted octanol–water partition coefficient (Wildman–Crippen LogP) is 6.78. The summed E-state index contributed by atoms with van der Waals surface area (Å²) in [6, 6.07) is 13.1. The summed E-state index contributed by atoms with van der Waals surface area (Å²) in [7, 11) is 0. The Morgan fingerprint density at radius 2 is 2.03 bits per heavy atom. The van der Waals surface area contributed by atoms with E-state index in [9.17, 15) is 14.9 Å². The van der Waals surface area contributed by atoms with Crippen molar-refractivity contribution in [3.63, 3.8) is 0 Å². The Kier molecular flexibility index (Phi) is 7.25. The van der Waals surface area contributed by atoms with Gasteiger partial charge in [0.05, 0.1) is 31.3 Å². The quantitative estimate of drug-likeness (QED) is 0.135. The summed E-state index contributed by atoms with van der Waals surface area (Å²) in [5.74, 6) is -0.220. The fourth-order valence-electron chi connectivity index (χ4n) is 2.61. The van der Waals surface area contributed by atoms with Crippen LogP contribution in [0.4, 0.5) is 10.1 Å². The predicted molar refractivity (Wildman–Crippen MR) is 135 cm³/mol. The maximum atomic E-state index is 13.0. The molecule has 0 fully saturated rings. The molecule has 13 heteroatoms. The number of fused-ring (bicyclic) bond motifs is 1. The molecule has 4 rings (SSSR count). The molecule has 8 nitrogen and oxygen atoms in total. The monoisotopic (exact) mass is 584 g/mol. The molecule has 4 aromatic rings. The van der Waals surface area contributed by atoms with Gasteiger partial charge in [-0.15, -0.1) is 0 Å². The molecule has 2 heterocycles. The highest BCUT2D eigenvalue weighted by atomic mass is 79.9. The zero-order valence-electron chi connectivity index (χ0n) is 16.3. The van der Waals surface area contributed by atoms with Crippen LogP contribution < -0.4 is 9.75 Å². The van der Waals surface area contributed by atoms with Gasteiger partial charge in [0.25, 0.3) is 5.91 Å². The minimum atomic E-state index is -0.513. The lowest BCUT2D eigenvalue weighted by atomic mass is 10.3. The molecule has 0 saturated carbocycles. The molecule has 1 amide bonds. The largest absolute Gasteiger partial charge is 0.482 e. The first-order valence-electron chi connectivity index (χ1n) is 9.05. The first kappa shape index (κ1) is 23.6. The molecule has 168 valence electrons. The summed E-state index contributed by atoms with van der Waals surface area (Å²) >= 11 is 17.6. The van der Waals surface area contributed by atoms with Crippen LogP contribution in [0.15, 0.2) is 58.1 Å². The topological polar surface area (TPSA) is 97.9 Å². The Morgan fingerprint density at radius 3 is 2.76 bits per heavy atom. The molecule has 0 spiro atoms. The van der Waals surface area contributed by atoms with Crippen molar-refractivity contribution < 1.29 is 14.5 Å². The third kappa shape index (κ3) is 5.68. The number of rotatable bonds is 7. The molecule has 0 saturated heterocycles. The van der Waals surface area contributed by atoms with E-state index in [4.69, 9.17) is 27.9 Å². The number of carbonyl (C=O) groups is 1. The van der Waals surface area contributed by atoms with Gasteiger partial charge in [0.2, 0.25) is 5.13 Å². The number of nitrogens with zero attached hydrogens (tertiary/aromatic N) is 4. The Balaban J connectivity index is 1.62. The van der Waals surface area contributed by atoms with Crippen LogP contribution in [-0.2, 0) is 4.79 Å². The smallest absolute Gasteiger partial charge is 0.324 e. The molecule has 0 radical (unpaired) electrons. The Hall–Kier alpha value is -2.57. The number of hydrogen-bond acceptors (Lipinski definition) is 8. The van der Waals surface area contributed by atoms with Crippen LogP contribution >= 0.6 is 61.8 Å². The number of hydrazone groups is 1. The lowest BCUT2D eigenvalue weighted by Crippen LogP contribution is -2.30. The molecule has 33 heavy (non-hydrogen) atoms. The number of anilines is 1. The molecule has 0 aliphatic carbocycles. The van der Waals surface area contributed by atoms with E-state index in [1.807, 2.05) is 18.2 Å². The number of carbonyl (C=O) groups excluding carboxylic acids is 1. The Bertz CT molecular complexity index is 1390. The van der Waals surface area contributed by atoms with E-state index in [0.717, 1.165) is 25.5 Å². The van der Waals surface area contributed by atoms with Crippen molar-refractivity contribution >= 4 is 94.3 Å². The van der Waals surface area contributed by atoms with E-state index in [2.05, 4.69) is 26.0 Å². The average Bonchev–Trinajstić information content (AvgIpc) is 3.40. The SMILES string of the molecule is O=C(COc1ccc(Cl)cc1Cl)N(/N=C/c1ccc([N+](=O)[O-])s1)c1nc2ccc(Br)cc2s1. The lowest BCUT2D eigenvalue weighted by Gasteiger charge is -2.14. The number of ether oxygens (including phenoxy) is 1. The summed E-state index contributed by atoms with van der Waals surface area (Å²) in [5.41, 5.74) is 0.694. The Labute approximate surface area is 213 Å². The number of thiophene rings is 1. The third-order valence-electron chi connectivity index (χ3n) is 4.09. The van der Waals surface area contributed by atoms with E-state index < -0.39 is 10.8 Å². The van der Waals surface area contributed by atoms with Crippen molar-refractivity contribution in [1.82, 2.24) is 4.98 Å². The van der Waals surface area contributed by atoms with Crippen LogP contribution in [0.25, 0.3) is 10.2 Å². The molecular formula is C20H11BrCl2N4O4S2. The van der Waals surface area contributed by atoms with Crippen LogP contribution in [0.2, 0.25) is 10.0 Å². The number of nitro groups is 1.